The summed E-state index contributed by atoms with van der Waals surface area (Å²) in [4.78, 5) is 31.5. The van der Waals surface area contributed by atoms with Crippen molar-refractivity contribution in [2.75, 3.05) is 19.7 Å². The largest absolute Gasteiger partial charge is 0.491 e. The standard InChI is InChI=1S/C24H22F4N4O3/c1-14-12-31(13-29-14)17-4-5-18-21(33)30(7-8-32(18)22(17)34)9-10-35-19-6-3-16(25)15-11-23(2,20(15)19)24(26,27)28/h3-6,12-13H,7-11H2,1-2H3. The Morgan fingerprint density at radius 1 is 1.14 bits per heavy atom. The first-order chi connectivity index (χ1) is 16.5. The third-order valence-corrected chi connectivity index (χ3v) is 6.79. The molecule has 11 heteroatoms. The SMILES string of the molecule is Cc1cn(-c2ccc3n(c2=O)CCN(CCOc2ccc(F)c4c2C(C)(C(F)(F)F)C4)C3=O)cn1. The third-order valence-electron chi connectivity index (χ3n) is 6.79. The minimum Gasteiger partial charge on any atom is -0.491 e. The van der Waals surface area contributed by atoms with Crippen molar-refractivity contribution in [3.05, 3.63) is 75.5 Å². The van der Waals surface area contributed by atoms with Gasteiger partial charge in [-0.1, -0.05) is 0 Å². The molecule has 1 unspecified atom stereocenters. The number of halogens is 4. The Bertz CT molecular complexity index is 1390. The number of carbonyl (C=O) groups is 1. The molecule has 2 aromatic heterocycles. The van der Waals surface area contributed by atoms with Gasteiger partial charge in [-0.15, -0.1) is 0 Å². The molecule has 0 saturated carbocycles. The third kappa shape index (κ3) is 3.60. The lowest BCUT2D eigenvalue weighted by molar-refractivity contribution is -0.193. The molecule has 0 saturated heterocycles. The average Bonchev–Trinajstić information content (AvgIpc) is 3.21. The Morgan fingerprint density at radius 3 is 2.60 bits per heavy atom. The molecule has 1 aliphatic heterocycles. The van der Waals surface area contributed by atoms with E-state index in [1.807, 2.05) is 0 Å². The Morgan fingerprint density at radius 2 is 1.91 bits per heavy atom. The van der Waals surface area contributed by atoms with Gasteiger partial charge in [0.2, 0.25) is 0 Å². The van der Waals surface area contributed by atoms with E-state index in [0.717, 1.165) is 18.7 Å². The normalized spacial score (nSPS) is 19.3. The molecule has 7 nitrogen and oxygen atoms in total. The van der Waals surface area contributed by atoms with Crippen molar-refractivity contribution in [3.63, 3.8) is 0 Å². The van der Waals surface area contributed by atoms with Crippen molar-refractivity contribution in [1.29, 1.82) is 0 Å². The van der Waals surface area contributed by atoms with E-state index in [1.165, 1.54) is 21.9 Å². The van der Waals surface area contributed by atoms with Crippen LogP contribution >= 0.6 is 0 Å². The number of carbonyl (C=O) groups excluding carboxylic acids is 1. The Balaban J connectivity index is 1.31. The maximum atomic E-state index is 14.0. The minimum absolute atomic E-state index is 0.00793. The summed E-state index contributed by atoms with van der Waals surface area (Å²) in [5.74, 6) is -1.10. The molecule has 1 aliphatic carbocycles. The van der Waals surface area contributed by atoms with Crippen LogP contribution in [0.4, 0.5) is 17.6 Å². The summed E-state index contributed by atoms with van der Waals surface area (Å²) in [6, 6.07) is 5.42. The van der Waals surface area contributed by atoms with Crippen molar-refractivity contribution < 1.29 is 27.1 Å². The molecule has 1 aromatic carbocycles. The highest BCUT2D eigenvalue weighted by atomic mass is 19.4. The van der Waals surface area contributed by atoms with Crippen LogP contribution < -0.4 is 10.3 Å². The van der Waals surface area contributed by atoms with Gasteiger partial charge in [0.15, 0.2) is 0 Å². The lowest BCUT2D eigenvalue weighted by atomic mass is 9.64. The molecule has 0 N–H and O–H groups in total. The van der Waals surface area contributed by atoms with Gasteiger partial charge in [0, 0.05) is 24.8 Å². The van der Waals surface area contributed by atoms with E-state index in [9.17, 15) is 27.2 Å². The number of ether oxygens (including phenoxy) is 1. The number of aromatic nitrogens is 3. The van der Waals surface area contributed by atoms with E-state index < -0.39 is 23.8 Å². The zero-order valence-corrected chi connectivity index (χ0v) is 19.0. The molecule has 0 radical (unpaired) electrons. The smallest absolute Gasteiger partial charge is 0.398 e. The van der Waals surface area contributed by atoms with Crippen LogP contribution in [0.25, 0.3) is 5.69 Å². The zero-order valence-electron chi connectivity index (χ0n) is 19.0. The van der Waals surface area contributed by atoms with Crippen molar-refractivity contribution in [1.82, 2.24) is 19.0 Å². The van der Waals surface area contributed by atoms with Crippen LogP contribution in [-0.2, 0) is 18.4 Å². The van der Waals surface area contributed by atoms with Gasteiger partial charge >= 0.3 is 6.18 Å². The number of aryl methyl sites for hydroxylation is 1. The zero-order chi connectivity index (χ0) is 25.1. The van der Waals surface area contributed by atoms with Gasteiger partial charge < -0.3 is 18.8 Å². The summed E-state index contributed by atoms with van der Waals surface area (Å²) in [5, 5.41) is 0. The molecule has 0 bridgehead atoms. The van der Waals surface area contributed by atoms with Crippen molar-refractivity contribution >= 4 is 5.91 Å². The van der Waals surface area contributed by atoms with E-state index in [-0.39, 0.29) is 60.3 Å². The van der Waals surface area contributed by atoms with Crippen molar-refractivity contribution in [2.24, 2.45) is 0 Å². The number of hydrogen-bond acceptors (Lipinski definition) is 4. The van der Waals surface area contributed by atoms with E-state index in [4.69, 9.17) is 4.74 Å². The van der Waals surface area contributed by atoms with Gasteiger partial charge in [-0.3, -0.25) is 9.59 Å². The van der Waals surface area contributed by atoms with Crippen LogP contribution in [0.15, 0.2) is 41.6 Å². The Hall–Kier alpha value is -3.63. The Kier molecular flexibility index (Phi) is 5.26. The molecule has 3 aromatic rings. The average molecular weight is 490 g/mol. The van der Waals surface area contributed by atoms with Crippen LogP contribution in [0.5, 0.6) is 5.75 Å². The number of pyridine rings is 1. The molecule has 2 aliphatic rings. The number of alkyl halides is 3. The van der Waals surface area contributed by atoms with Crippen LogP contribution in [-0.4, -0.2) is 50.8 Å². The van der Waals surface area contributed by atoms with E-state index in [0.29, 0.717) is 5.69 Å². The van der Waals surface area contributed by atoms with Gasteiger partial charge in [0.05, 0.1) is 24.0 Å². The van der Waals surface area contributed by atoms with Crippen LogP contribution in [0.3, 0.4) is 0 Å². The first-order valence-corrected chi connectivity index (χ1v) is 11.1. The topological polar surface area (TPSA) is 69.4 Å². The fourth-order valence-electron chi connectivity index (χ4n) is 4.76. The first kappa shape index (κ1) is 23.1. The Labute approximate surface area is 197 Å². The number of benzene rings is 1. The molecular weight excluding hydrogens is 468 g/mol. The summed E-state index contributed by atoms with van der Waals surface area (Å²) in [7, 11) is 0. The van der Waals surface area contributed by atoms with Crippen LogP contribution in [0.1, 0.15) is 34.2 Å². The van der Waals surface area contributed by atoms with Crippen molar-refractivity contribution in [3.8, 4) is 11.4 Å². The first-order valence-electron chi connectivity index (χ1n) is 11.1. The second-order valence-electron chi connectivity index (χ2n) is 9.03. The van der Waals surface area contributed by atoms with Crippen LogP contribution in [0, 0.1) is 12.7 Å². The number of fused-ring (bicyclic) bond motifs is 2. The van der Waals surface area contributed by atoms with Gasteiger partial charge in [-0.25, -0.2) is 9.37 Å². The van der Waals surface area contributed by atoms with Gasteiger partial charge in [0.1, 0.15) is 29.6 Å². The summed E-state index contributed by atoms with van der Waals surface area (Å²) in [6.07, 6.45) is -1.74. The quantitative estimate of drug-likeness (QED) is 0.515. The number of hydrogen-bond donors (Lipinski definition) is 0. The second-order valence-corrected chi connectivity index (χ2v) is 9.03. The minimum atomic E-state index is -4.54. The molecule has 3 heterocycles. The molecule has 0 fully saturated rings. The molecule has 1 atom stereocenters. The highest BCUT2D eigenvalue weighted by Crippen LogP contribution is 2.55. The number of imidazole rings is 1. The van der Waals surface area contributed by atoms with E-state index in [1.54, 1.807) is 29.8 Å². The number of rotatable bonds is 5. The molecule has 0 spiro atoms. The summed E-state index contributed by atoms with van der Waals surface area (Å²) in [5.41, 5.74) is -1.32. The summed E-state index contributed by atoms with van der Waals surface area (Å²) >= 11 is 0. The van der Waals surface area contributed by atoms with Gasteiger partial charge in [-0.05, 0) is 50.1 Å². The number of amides is 1. The van der Waals surface area contributed by atoms with Crippen molar-refractivity contribution in [2.45, 2.75) is 38.4 Å². The fourth-order valence-corrected chi connectivity index (χ4v) is 4.76. The molecule has 5 rings (SSSR count). The monoisotopic (exact) mass is 490 g/mol. The molecule has 184 valence electrons. The van der Waals surface area contributed by atoms with E-state index in [2.05, 4.69) is 4.98 Å². The molecular formula is C24H22F4N4O3. The molecule has 35 heavy (non-hydrogen) atoms. The van der Waals surface area contributed by atoms with E-state index >= 15 is 0 Å². The summed E-state index contributed by atoms with van der Waals surface area (Å²) in [6.45, 7) is 3.36. The predicted molar refractivity (Wildman–Crippen MR) is 117 cm³/mol. The van der Waals surface area contributed by atoms with Gasteiger partial charge in [0.25, 0.3) is 11.5 Å². The predicted octanol–water partition coefficient (Wildman–Crippen LogP) is 3.39. The summed E-state index contributed by atoms with van der Waals surface area (Å²) < 4.78 is 63.4. The lowest BCUT2D eigenvalue weighted by Crippen LogP contribution is -2.49. The highest BCUT2D eigenvalue weighted by molar-refractivity contribution is 5.93. The van der Waals surface area contributed by atoms with Crippen LogP contribution in [0.2, 0.25) is 0 Å². The highest BCUT2D eigenvalue weighted by Gasteiger charge is 2.60. The maximum absolute atomic E-state index is 14.0. The molecule has 1 amide bonds. The fraction of sp³-hybridized carbons (Fsp3) is 0.375. The lowest BCUT2D eigenvalue weighted by Gasteiger charge is -2.43. The number of nitrogens with zero attached hydrogens (tertiary/aromatic N) is 4. The second kappa shape index (κ2) is 7.96. The maximum Gasteiger partial charge on any atom is 0.398 e. The van der Waals surface area contributed by atoms with Gasteiger partial charge in [-0.2, -0.15) is 13.2 Å².